The molecule has 0 aromatic heterocycles. The summed E-state index contributed by atoms with van der Waals surface area (Å²) in [7, 11) is 0. The summed E-state index contributed by atoms with van der Waals surface area (Å²) in [6.45, 7) is 0. The fourth-order valence-corrected chi connectivity index (χ4v) is 3.49. The van der Waals surface area contributed by atoms with Crippen molar-refractivity contribution in [3.8, 4) is 0 Å². The molecule has 5 aromatic carbocycles. The van der Waals surface area contributed by atoms with Gasteiger partial charge in [-0.15, -0.1) is 29.0 Å². The van der Waals surface area contributed by atoms with E-state index < -0.39 is 0 Å². The molecule has 0 radical (unpaired) electrons. The zero-order valence-corrected chi connectivity index (χ0v) is 12.9. The van der Waals surface area contributed by atoms with Crippen molar-refractivity contribution >= 4 is 43.1 Å². The first-order chi connectivity index (χ1) is 9.93. The van der Waals surface area contributed by atoms with E-state index in [0.717, 1.165) is 0 Å². The maximum Gasteiger partial charge on any atom is 0 e. The van der Waals surface area contributed by atoms with Crippen LogP contribution in [0.15, 0.2) is 66.7 Å². The maximum atomic E-state index is 3.45. The topological polar surface area (TPSA) is 0 Å². The number of rotatable bonds is 0. The van der Waals surface area contributed by atoms with Crippen molar-refractivity contribution in [3.05, 3.63) is 72.8 Å². The van der Waals surface area contributed by atoms with Crippen LogP contribution in [0.2, 0.25) is 0 Å². The Morgan fingerprint density at radius 2 is 1.14 bits per heavy atom. The van der Waals surface area contributed by atoms with Gasteiger partial charge in [-0.3, -0.25) is 0 Å². The first-order valence-electron chi connectivity index (χ1n) is 6.89. The van der Waals surface area contributed by atoms with Crippen LogP contribution in [0.3, 0.4) is 0 Å². The van der Waals surface area contributed by atoms with Crippen molar-refractivity contribution < 1.29 is 21.7 Å². The van der Waals surface area contributed by atoms with Gasteiger partial charge in [0.25, 0.3) is 0 Å². The minimum Gasteiger partial charge on any atom is -0.146 e. The average Bonchev–Trinajstić information content (AvgIpc) is 2.52. The van der Waals surface area contributed by atoms with Gasteiger partial charge in [0.15, 0.2) is 0 Å². The second-order valence-corrected chi connectivity index (χ2v) is 5.33. The molecule has 0 aliphatic heterocycles. The average molecular weight is 299 g/mol. The summed E-state index contributed by atoms with van der Waals surface area (Å²) in [4.78, 5) is 0. The van der Waals surface area contributed by atoms with E-state index in [9.17, 15) is 0 Å². The predicted octanol–water partition coefficient (Wildman–Crippen LogP) is 5.53. The molecule has 0 spiro atoms. The van der Waals surface area contributed by atoms with Gasteiger partial charge >= 0.3 is 0 Å². The molecule has 5 rings (SSSR count). The van der Waals surface area contributed by atoms with Crippen LogP contribution in [0.25, 0.3) is 43.1 Å². The summed E-state index contributed by atoms with van der Waals surface area (Å²) in [6, 6.07) is 27.3. The fourth-order valence-electron chi connectivity index (χ4n) is 3.49. The van der Waals surface area contributed by atoms with Crippen LogP contribution in [0.4, 0.5) is 0 Å². The summed E-state index contributed by atoms with van der Waals surface area (Å²) in [6.07, 6.45) is 0. The van der Waals surface area contributed by atoms with Crippen LogP contribution in [-0.2, 0) is 21.7 Å². The molecule has 0 unspecified atom stereocenters. The molecule has 0 aliphatic rings. The zero-order valence-electron chi connectivity index (χ0n) is 11.4. The summed E-state index contributed by atoms with van der Waals surface area (Å²) in [5.74, 6) is 0. The van der Waals surface area contributed by atoms with Gasteiger partial charge in [-0.05, 0) is 16.2 Å². The number of benzene rings is 5. The van der Waals surface area contributed by atoms with E-state index in [2.05, 4.69) is 66.7 Å². The summed E-state index contributed by atoms with van der Waals surface area (Å²) in [5.41, 5.74) is 0. The third kappa shape index (κ3) is 1.61. The Morgan fingerprint density at radius 1 is 0.571 bits per heavy atom. The van der Waals surface area contributed by atoms with Gasteiger partial charge in [0.05, 0.1) is 0 Å². The maximum absolute atomic E-state index is 3.45. The van der Waals surface area contributed by atoms with Gasteiger partial charge in [-0.2, -0.15) is 0 Å². The Balaban J connectivity index is 0.00000115. The summed E-state index contributed by atoms with van der Waals surface area (Å²) >= 11 is 0. The molecule has 0 bridgehead atoms. The van der Waals surface area contributed by atoms with E-state index in [0.29, 0.717) is 0 Å². The standard InChI is InChI=1S/C20H11.Ti/c1-5-13-6-2-11-17-18-12-4-8-14-7-3-10-16(20(14)18)15(9-1)19(13)17;/h1-11H;/q-1;. The molecule has 0 nitrogen and oxygen atoms in total. The van der Waals surface area contributed by atoms with Gasteiger partial charge in [0, 0.05) is 21.7 Å². The Labute approximate surface area is 137 Å². The molecular formula is C20H11Ti-. The second kappa shape index (κ2) is 4.56. The van der Waals surface area contributed by atoms with Crippen molar-refractivity contribution in [2.75, 3.05) is 0 Å². The Hall–Kier alpha value is -1.89. The molecule has 21 heavy (non-hydrogen) atoms. The van der Waals surface area contributed by atoms with Crippen LogP contribution in [0.5, 0.6) is 0 Å². The van der Waals surface area contributed by atoms with E-state index in [-0.39, 0.29) is 21.7 Å². The third-order valence-electron chi connectivity index (χ3n) is 4.30. The van der Waals surface area contributed by atoms with Crippen molar-refractivity contribution in [1.29, 1.82) is 0 Å². The smallest absolute Gasteiger partial charge is 0 e. The van der Waals surface area contributed by atoms with Crippen molar-refractivity contribution in [1.82, 2.24) is 0 Å². The molecule has 0 aliphatic carbocycles. The molecule has 96 valence electrons. The van der Waals surface area contributed by atoms with Crippen LogP contribution >= 0.6 is 0 Å². The van der Waals surface area contributed by atoms with Crippen LogP contribution < -0.4 is 0 Å². The Bertz CT molecular complexity index is 923. The number of hydrogen-bond donors (Lipinski definition) is 0. The third-order valence-corrected chi connectivity index (χ3v) is 4.30. The molecule has 0 atom stereocenters. The predicted molar refractivity (Wildman–Crippen MR) is 86.5 cm³/mol. The van der Waals surface area contributed by atoms with Crippen molar-refractivity contribution in [2.24, 2.45) is 0 Å². The number of fused-ring (bicyclic) bond motifs is 2. The second-order valence-electron chi connectivity index (χ2n) is 5.33. The van der Waals surface area contributed by atoms with Gasteiger partial charge < -0.3 is 0 Å². The van der Waals surface area contributed by atoms with Gasteiger partial charge in [0.2, 0.25) is 0 Å². The van der Waals surface area contributed by atoms with Crippen molar-refractivity contribution in [3.63, 3.8) is 0 Å². The van der Waals surface area contributed by atoms with Crippen LogP contribution in [0.1, 0.15) is 0 Å². The van der Waals surface area contributed by atoms with E-state index in [1.807, 2.05) is 6.07 Å². The van der Waals surface area contributed by atoms with Crippen LogP contribution in [-0.4, -0.2) is 0 Å². The normalized spacial score (nSPS) is 11.4. The quantitative estimate of drug-likeness (QED) is 0.152. The molecule has 0 N–H and O–H groups in total. The van der Waals surface area contributed by atoms with E-state index >= 15 is 0 Å². The van der Waals surface area contributed by atoms with E-state index in [1.54, 1.807) is 0 Å². The van der Waals surface area contributed by atoms with Gasteiger partial charge in [0.1, 0.15) is 0 Å². The minimum absolute atomic E-state index is 0. The molecule has 0 amide bonds. The van der Waals surface area contributed by atoms with Gasteiger partial charge in [-0.1, -0.05) is 70.8 Å². The molecule has 0 fully saturated rings. The molecule has 1 heteroatoms. The van der Waals surface area contributed by atoms with Gasteiger partial charge in [-0.25, -0.2) is 0 Å². The SMILES string of the molecule is [Ti].[c-]1ccc2cccc3c4cccc5cccc(c1c23)c54. The summed E-state index contributed by atoms with van der Waals surface area (Å²) < 4.78 is 0. The zero-order chi connectivity index (χ0) is 13.1. The Morgan fingerprint density at radius 3 is 1.86 bits per heavy atom. The van der Waals surface area contributed by atoms with Crippen molar-refractivity contribution in [2.45, 2.75) is 0 Å². The fraction of sp³-hybridized carbons (Fsp3) is 0. The largest absolute Gasteiger partial charge is 0.146 e. The first kappa shape index (κ1) is 12.8. The van der Waals surface area contributed by atoms with E-state index in [1.165, 1.54) is 43.1 Å². The molecule has 0 heterocycles. The molecule has 0 saturated heterocycles. The molecular weight excluding hydrogens is 288 g/mol. The first-order valence-corrected chi connectivity index (χ1v) is 6.89. The monoisotopic (exact) mass is 299 g/mol. The van der Waals surface area contributed by atoms with E-state index in [4.69, 9.17) is 0 Å². The molecule has 5 aromatic rings. The summed E-state index contributed by atoms with van der Waals surface area (Å²) in [5, 5.41) is 10.5. The Kier molecular flexibility index (Phi) is 2.78. The minimum atomic E-state index is 0. The van der Waals surface area contributed by atoms with Crippen LogP contribution in [0, 0.1) is 6.07 Å². The molecule has 0 saturated carbocycles. The number of hydrogen-bond acceptors (Lipinski definition) is 0.